The van der Waals surface area contributed by atoms with Gasteiger partial charge in [-0.1, -0.05) is 12.1 Å². The highest BCUT2D eigenvalue weighted by molar-refractivity contribution is 7.89. The van der Waals surface area contributed by atoms with Crippen molar-refractivity contribution in [3.8, 4) is 0 Å². The normalized spacial score (nSPS) is 13.2. The van der Waals surface area contributed by atoms with Crippen LogP contribution in [0.5, 0.6) is 0 Å². The summed E-state index contributed by atoms with van der Waals surface area (Å²) in [6.45, 7) is 3.56. The van der Waals surface area contributed by atoms with Crippen LogP contribution in [-0.4, -0.2) is 14.5 Å². The van der Waals surface area contributed by atoms with Gasteiger partial charge in [0, 0.05) is 12.5 Å². The summed E-state index contributed by atoms with van der Waals surface area (Å²) in [5.74, 6) is 0.844. The van der Waals surface area contributed by atoms with Gasteiger partial charge in [-0.2, -0.15) is 0 Å². The van der Waals surface area contributed by atoms with Crippen molar-refractivity contribution in [1.29, 1.82) is 0 Å². The maximum absolute atomic E-state index is 12.4. The summed E-state index contributed by atoms with van der Waals surface area (Å²) in [4.78, 5) is 0.162. The van der Waals surface area contributed by atoms with Gasteiger partial charge < -0.3 is 10.2 Å². The highest BCUT2D eigenvalue weighted by Crippen LogP contribution is 2.22. The van der Waals surface area contributed by atoms with E-state index >= 15 is 0 Å². The predicted octanol–water partition coefficient (Wildman–Crippen LogP) is 2.47. The molecule has 1 aromatic carbocycles. The molecule has 0 aliphatic heterocycles. The second-order valence-corrected chi connectivity index (χ2v) is 6.78. The van der Waals surface area contributed by atoms with Crippen molar-refractivity contribution in [1.82, 2.24) is 4.72 Å². The van der Waals surface area contributed by atoms with E-state index in [0.717, 1.165) is 5.76 Å². The second kappa shape index (κ2) is 6.32. The van der Waals surface area contributed by atoms with Gasteiger partial charge in [-0.25, -0.2) is 13.1 Å². The van der Waals surface area contributed by atoms with Crippen LogP contribution in [-0.2, 0) is 16.4 Å². The third kappa shape index (κ3) is 3.86. The van der Waals surface area contributed by atoms with E-state index in [2.05, 4.69) is 4.72 Å². The van der Waals surface area contributed by atoms with Crippen molar-refractivity contribution < 1.29 is 12.8 Å². The Bertz CT molecular complexity index is 673. The van der Waals surface area contributed by atoms with Crippen molar-refractivity contribution in [2.24, 2.45) is 0 Å². The molecule has 1 unspecified atom stereocenters. The summed E-state index contributed by atoms with van der Waals surface area (Å²) in [6.07, 6.45) is 2.94. The molecule has 2 aromatic rings. The van der Waals surface area contributed by atoms with E-state index in [9.17, 15) is 8.42 Å². The molecule has 0 amide bonds. The van der Waals surface area contributed by atoms with Crippen LogP contribution in [0.4, 0.5) is 5.69 Å². The number of aryl methyl sites for hydroxylation is 2. The summed E-state index contributed by atoms with van der Waals surface area (Å²) in [5, 5.41) is 0. The van der Waals surface area contributed by atoms with E-state index in [1.54, 1.807) is 31.4 Å². The third-order valence-electron chi connectivity index (χ3n) is 3.27. The molecule has 0 aliphatic rings. The third-order valence-corrected chi connectivity index (χ3v) is 5.08. The second-order valence-electron chi connectivity index (χ2n) is 5.13. The van der Waals surface area contributed by atoms with Gasteiger partial charge in [0.15, 0.2) is 0 Å². The van der Waals surface area contributed by atoms with Gasteiger partial charge in [-0.15, -0.1) is 0 Å². The first-order valence-electron chi connectivity index (χ1n) is 6.80. The molecule has 0 bridgehead atoms. The van der Waals surface area contributed by atoms with Gasteiger partial charge in [-0.05, 0) is 44.0 Å². The molecule has 6 heteroatoms. The minimum absolute atomic E-state index is 0.162. The number of rotatable bonds is 6. The van der Waals surface area contributed by atoms with Crippen molar-refractivity contribution in [3.05, 3.63) is 47.9 Å². The largest absolute Gasteiger partial charge is 0.469 e. The summed E-state index contributed by atoms with van der Waals surface area (Å²) >= 11 is 0. The topological polar surface area (TPSA) is 85.3 Å². The van der Waals surface area contributed by atoms with Crippen LogP contribution in [0.3, 0.4) is 0 Å². The maximum atomic E-state index is 12.4. The Morgan fingerprint density at radius 1 is 1.29 bits per heavy atom. The van der Waals surface area contributed by atoms with E-state index in [4.69, 9.17) is 10.2 Å². The standard InChI is InChI=1S/C15H20N2O3S/c1-11-5-3-7-14(16)15(11)21(18,19)17-12(2)8-9-13-6-4-10-20-13/h3-7,10,12,17H,8-9,16H2,1-2H3. The van der Waals surface area contributed by atoms with Crippen LogP contribution < -0.4 is 10.5 Å². The number of hydrogen-bond acceptors (Lipinski definition) is 4. The summed E-state index contributed by atoms with van der Waals surface area (Å²) in [5.41, 5.74) is 6.70. The number of sulfonamides is 1. The number of nitrogens with two attached hydrogens (primary N) is 1. The van der Waals surface area contributed by atoms with E-state index in [-0.39, 0.29) is 16.6 Å². The molecule has 0 saturated carbocycles. The number of hydrogen-bond donors (Lipinski definition) is 2. The molecule has 114 valence electrons. The highest BCUT2D eigenvalue weighted by Gasteiger charge is 2.22. The fraction of sp³-hybridized carbons (Fsp3) is 0.333. The summed E-state index contributed by atoms with van der Waals surface area (Å²) in [6, 6.07) is 8.55. The Kier molecular flexibility index (Phi) is 4.69. The smallest absolute Gasteiger partial charge is 0.243 e. The monoisotopic (exact) mass is 308 g/mol. The number of furan rings is 1. The molecule has 5 nitrogen and oxygen atoms in total. The number of anilines is 1. The molecule has 2 rings (SSSR count). The lowest BCUT2D eigenvalue weighted by Crippen LogP contribution is -2.33. The fourth-order valence-corrected chi connectivity index (χ4v) is 3.87. The number of nitrogens with one attached hydrogen (secondary N) is 1. The zero-order chi connectivity index (χ0) is 15.5. The number of benzene rings is 1. The van der Waals surface area contributed by atoms with Crippen molar-refractivity contribution in [2.45, 2.75) is 37.6 Å². The summed E-state index contributed by atoms with van der Waals surface area (Å²) < 4.78 is 32.8. The molecule has 1 heterocycles. The lowest BCUT2D eigenvalue weighted by atomic mass is 10.2. The Morgan fingerprint density at radius 2 is 2.05 bits per heavy atom. The van der Waals surface area contributed by atoms with E-state index < -0.39 is 10.0 Å². The fourth-order valence-electron chi connectivity index (χ4n) is 2.24. The molecule has 0 saturated heterocycles. The van der Waals surface area contributed by atoms with Gasteiger partial charge in [0.05, 0.1) is 12.0 Å². The van der Waals surface area contributed by atoms with E-state index in [1.807, 2.05) is 19.1 Å². The molecule has 1 atom stereocenters. The van der Waals surface area contributed by atoms with Crippen molar-refractivity contribution in [3.63, 3.8) is 0 Å². The molecular weight excluding hydrogens is 288 g/mol. The quantitative estimate of drug-likeness (QED) is 0.803. The van der Waals surface area contributed by atoms with Crippen LogP contribution >= 0.6 is 0 Å². The van der Waals surface area contributed by atoms with Gasteiger partial charge in [0.1, 0.15) is 10.7 Å². The van der Waals surface area contributed by atoms with Crippen molar-refractivity contribution >= 4 is 15.7 Å². The van der Waals surface area contributed by atoms with Crippen LogP contribution in [0.2, 0.25) is 0 Å². The van der Waals surface area contributed by atoms with Crippen LogP contribution in [0.25, 0.3) is 0 Å². The van der Waals surface area contributed by atoms with E-state index in [0.29, 0.717) is 18.4 Å². The van der Waals surface area contributed by atoms with Gasteiger partial charge in [0.2, 0.25) is 10.0 Å². The lowest BCUT2D eigenvalue weighted by molar-refractivity contribution is 0.480. The molecule has 3 N–H and O–H groups in total. The van der Waals surface area contributed by atoms with Crippen LogP contribution in [0.1, 0.15) is 24.7 Å². The van der Waals surface area contributed by atoms with Crippen LogP contribution in [0, 0.1) is 6.92 Å². The SMILES string of the molecule is Cc1cccc(N)c1S(=O)(=O)NC(C)CCc1ccco1. The molecule has 0 fully saturated rings. The first-order chi connectivity index (χ1) is 9.90. The van der Waals surface area contributed by atoms with Gasteiger partial charge in [0.25, 0.3) is 0 Å². The van der Waals surface area contributed by atoms with Gasteiger partial charge >= 0.3 is 0 Å². The Labute approximate surface area is 125 Å². The van der Waals surface area contributed by atoms with Crippen molar-refractivity contribution in [2.75, 3.05) is 5.73 Å². The minimum Gasteiger partial charge on any atom is -0.469 e. The average Bonchev–Trinajstić information content (AvgIpc) is 2.88. The minimum atomic E-state index is -3.62. The molecule has 1 aromatic heterocycles. The summed E-state index contributed by atoms with van der Waals surface area (Å²) in [7, 11) is -3.62. The average molecular weight is 308 g/mol. The number of nitrogen functional groups attached to an aromatic ring is 1. The predicted molar refractivity (Wildman–Crippen MR) is 82.4 cm³/mol. The van der Waals surface area contributed by atoms with E-state index in [1.165, 1.54) is 0 Å². The molecule has 0 spiro atoms. The Hall–Kier alpha value is -1.79. The first kappa shape index (κ1) is 15.6. The Morgan fingerprint density at radius 3 is 2.67 bits per heavy atom. The first-order valence-corrected chi connectivity index (χ1v) is 8.28. The maximum Gasteiger partial charge on any atom is 0.243 e. The molecular formula is C15H20N2O3S. The molecule has 0 aliphatic carbocycles. The lowest BCUT2D eigenvalue weighted by Gasteiger charge is -2.16. The zero-order valence-electron chi connectivity index (χ0n) is 12.2. The Balaban J connectivity index is 2.06. The molecule has 21 heavy (non-hydrogen) atoms. The van der Waals surface area contributed by atoms with Gasteiger partial charge in [-0.3, -0.25) is 0 Å². The van der Waals surface area contributed by atoms with Crippen LogP contribution in [0.15, 0.2) is 45.9 Å². The molecule has 0 radical (unpaired) electrons. The highest BCUT2D eigenvalue weighted by atomic mass is 32.2. The zero-order valence-corrected chi connectivity index (χ0v) is 13.0.